The summed E-state index contributed by atoms with van der Waals surface area (Å²) in [4.78, 5) is 0. The van der Waals surface area contributed by atoms with Crippen LogP contribution in [0, 0.1) is 27.7 Å². The highest BCUT2D eigenvalue weighted by Gasteiger charge is 2.14. The molecule has 0 spiro atoms. The second-order valence-electron chi connectivity index (χ2n) is 8.12. The molecule has 0 amide bonds. The van der Waals surface area contributed by atoms with Gasteiger partial charge in [-0.3, -0.25) is 9.36 Å². The molecule has 0 saturated heterocycles. The van der Waals surface area contributed by atoms with Crippen molar-refractivity contribution < 1.29 is 0 Å². The molecule has 0 radical (unpaired) electrons. The van der Waals surface area contributed by atoms with E-state index in [9.17, 15) is 0 Å². The molecule has 0 atom stereocenters. The number of hydrogen-bond acceptors (Lipinski definition) is 3. The minimum Gasteiger partial charge on any atom is -0.330 e. The minimum absolute atomic E-state index is 0.515. The molecular formula is C25H28N6S. The molecular weight excluding hydrogens is 416 g/mol. The Morgan fingerprint density at radius 3 is 2.44 bits per heavy atom. The first kappa shape index (κ1) is 21.8. The first-order valence-corrected chi connectivity index (χ1v) is 11.0. The lowest BCUT2D eigenvalue weighted by Crippen LogP contribution is -2.19. The molecule has 0 saturated carbocycles. The van der Waals surface area contributed by atoms with Crippen molar-refractivity contribution >= 4 is 28.7 Å². The first-order valence-electron chi connectivity index (χ1n) is 10.6. The quantitative estimate of drug-likeness (QED) is 0.399. The Hall–Kier alpha value is -3.45. The molecule has 164 valence electrons. The number of rotatable bonds is 6. The van der Waals surface area contributed by atoms with E-state index in [1.807, 2.05) is 22.5 Å². The summed E-state index contributed by atoms with van der Waals surface area (Å²) < 4.78 is 3.91. The van der Waals surface area contributed by atoms with Crippen molar-refractivity contribution in [3.05, 3.63) is 94.6 Å². The Morgan fingerprint density at radius 1 is 0.938 bits per heavy atom. The maximum Gasteiger partial charge on any atom is 0.175 e. The van der Waals surface area contributed by atoms with Crippen LogP contribution in [0.15, 0.2) is 60.9 Å². The van der Waals surface area contributed by atoms with Crippen molar-refractivity contribution in [3.63, 3.8) is 0 Å². The first-order chi connectivity index (χ1) is 15.4. The molecule has 32 heavy (non-hydrogen) atoms. The third-order valence-corrected chi connectivity index (χ3v) is 5.76. The van der Waals surface area contributed by atoms with Crippen LogP contribution in [-0.4, -0.2) is 24.7 Å². The Labute approximate surface area is 194 Å². The van der Waals surface area contributed by atoms with Crippen molar-refractivity contribution in [1.82, 2.24) is 19.6 Å². The van der Waals surface area contributed by atoms with Gasteiger partial charge in [-0.05, 0) is 56.6 Å². The second-order valence-corrected chi connectivity index (χ2v) is 8.53. The van der Waals surface area contributed by atoms with Gasteiger partial charge in [-0.2, -0.15) is 10.2 Å². The Kier molecular flexibility index (Phi) is 6.37. The largest absolute Gasteiger partial charge is 0.330 e. The highest BCUT2D eigenvalue weighted by molar-refractivity contribution is 7.80. The molecule has 4 aromatic rings. The molecule has 7 heteroatoms. The van der Waals surface area contributed by atoms with E-state index in [1.54, 1.807) is 6.20 Å². The number of anilines is 2. The molecule has 0 unspecified atom stereocenters. The summed E-state index contributed by atoms with van der Waals surface area (Å²) >= 11 is 5.55. The van der Waals surface area contributed by atoms with Gasteiger partial charge in [0.1, 0.15) is 0 Å². The lowest BCUT2D eigenvalue weighted by molar-refractivity contribution is 0.657. The third-order valence-electron chi connectivity index (χ3n) is 5.56. The van der Waals surface area contributed by atoms with Crippen molar-refractivity contribution in [2.45, 2.75) is 40.8 Å². The zero-order chi connectivity index (χ0) is 22.7. The number of nitrogens with zero attached hydrogens (tertiary/aromatic N) is 4. The molecule has 2 aromatic heterocycles. The Balaban J connectivity index is 1.40. The standard InChI is InChI=1S/C25H28N6S/c1-17-9-11-21(12-10-17)14-30-16-23(13-26-30)27-25(32)28-24-19(3)29-31(20(24)4)15-22-8-6-5-7-18(22)2/h5-13,16H,14-15H2,1-4H3,(H2,27,28,32). The summed E-state index contributed by atoms with van der Waals surface area (Å²) in [7, 11) is 0. The monoisotopic (exact) mass is 444 g/mol. The number of aryl methyl sites for hydroxylation is 3. The van der Waals surface area contributed by atoms with Crippen molar-refractivity contribution in [2.24, 2.45) is 0 Å². The molecule has 4 rings (SSSR count). The average Bonchev–Trinajstić information content (AvgIpc) is 3.30. The van der Waals surface area contributed by atoms with Gasteiger partial charge in [-0.1, -0.05) is 54.1 Å². The van der Waals surface area contributed by atoms with Gasteiger partial charge >= 0.3 is 0 Å². The fraction of sp³-hybridized carbons (Fsp3) is 0.240. The number of hydrogen-bond donors (Lipinski definition) is 2. The molecule has 2 aromatic carbocycles. The van der Waals surface area contributed by atoms with E-state index in [-0.39, 0.29) is 0 Å². The van der Waals surface area contributed by atoms with E-state index in [0.717, 1.165) is 29.3 Å². The van der Waals surface area contributed by atoms with Crippen molar-refractivity contribution in [2.75, 3.05) is 10.6 Å². The lowest BCUT2D eigenvalue weighted by Gasteiger charge is -2.11. The van der Waals surface area contributed by atoms with Crippen LogP contribution in [-0.2, 0) is 13.1 Å². The SMILES string of the molecule is Cc1ccc(Cn2cc(NC(=S)Nc3c(C)nn(Cc4ccccc4C)c3C)cn2)cc1. The molecule has 2 heterocycles. The number of thiocarbonyl (C=S) groups is 1. The van der Waals surface area contributed by atoms with Gasteiger partial charge in [0.15, 0.2) is 5.11 Å². The summed E-state index contributed by atoms with van der Waals surface area (Å²) in [6, 6.07) is 16.8. The van der Waals surface area contributed by atoms with Crippen molar-refractivity contribution in [1.29, 1.82) is 0 Å². The van der Waals surface area contributed by atoms with Crippen LogP contribution in [0.5, 0.6) is 0 Å². The maximum atomic E-state index is 5.55. The second kappa shape index (κ2) is 9.36. The number of aromatic nitrogens is 4. The van der Waals surface area contributed by atoms with E-state index in [4.69, 9.17) is 17.3 Å². The fourth-order valence-corrected chi connectivity index (χ4v) is 3.87. The summed E-state index contributed by atoms with van der Waals surface area (Å²) in [5.74, 6) is 0. The highest BCUT2D eigenvalue weighted by atomic mass is 32.1. The topological polar surface area (TPSA) is 59.7 Å². The van der Waals surface area contributed by atoms with Gasteiger partial charge < -0.3 is 10.6 Å². The van der Waals surface area contributed by atoms with E-state index in [0.29, 0.717) is 11.7 Å². The summed E-state index contributed by atoms with van der Waals surface area (Å²) in [5, 5.41) is 16.2. The lowest BCUT2D eigenvalue weighted by atomic mass is 10.1. The third kappa shape index (κ3) is 5.06. The Bertz CT molecular complexity index is 1240. The highest BCUT2D eigenvalue weighted by Crippen LogP contribution is 2.22. The van der Waals surface area contributed by atoms with Gasteiger partial charge in [0.25, 0.3) is 0 Å². The van der Waals surface area contributed by atoms with Crippen LogP contribution < -0.4 is 10.6 Å². The minimum atomic E-state index is 0.515. The van der Waals surface area contributed by atoms with Crippen LogP contribution in [0.4, 0.5) is 11.4 Å². The molecule has 6 nitrogen and oxygen atoms in total. The summed E-state index contributed by atoms with van der Waals surface area (Å²) in [6.07, 6.45) is 3.73. The summed E-state index contributed by atoms with van der Waals surface area (Å²) in [6.45, 7) is 9.70. The van der Waals surface area contributed by atoms with E-state index < -0.39 is 0 Å². The van der Waals surface area contributed by atoms with E-state index >= 15 is 0 Å². The summed E-state index contributed by atoms with van der Waals surface area (Å²) in [5.41, 5.74) is 8.71. The predicted molar refractivity (Wildman–Crippen MR) is 134 cm³/mol. The molecule has 2 N–H and O–H groups in total. The van der Waals surface area contributed by atoms with Crippen LogP contribution in [0.25, 0.3) is 0 Å². The zero-order valence-corrected chi connectivity index (χ0v) is 19.7. The van der Waals surface area contributed by atoms with Crippen LogP contribution in [0.2, 0.25) is 0 Å². The molecule has 0 fully saturated rings. The van der Waals surface area contributed by atoms with Crippen LogP contribution >= 0.6 is 12.2 Å². The Morgan fingerprint density at radius 2 is 1.69 bits per heavy atom. The molecule has 0 bridgehead atoms. The van der Waals surface area contributed by atoms with Gasteiger partial charge in [0, 0.05) is 6.20 Å². The number of benzene rings is 2. The van der Waals surface area contributed by atoms with Crippen LogP contribution in [0.3, 0.4) is 0 Å². The predicted octanol–water partition coefficient (Wildman–Crippen LogP) is 5.22. The maximum absolute atomic E-state index is 5.55. The van der Waals surface area contributed by atoms with Crippen molar-refractivity contribution in [3.8, 4) is 0 Å². The molecule has 0 aliphatic carbocycles. The van der Waals surface area contributed by atoms with Gasteiger partial charge in [0.05, 0.1) is 42.0 Å². The zero-order valence-electron chi connectivity index (χ0n) is 18.9. The van der Waals surface area contributed by atoms with E-state index in [2.05, 4.69) is 85.0 Å². The van der Waals surface area contributed by atoms with Gasteiger partial charge in [-0.25, -0.2) is 0 Å². The van der Waals surface area contributed by atoms with Crippen LogP contribution in [0.1, 0.15) is 33.6 Å². The molecule has 0 aliphatic heterocycles. The average molecular weight is 445 g/mol. The molecule has 0 aliphatic rings. The number of nitrogens with one attached hydrogen (secondary N) is 2. The fourth-order valence-electron chi connectivity index (χ4n) is 3.65. The van der Waals surface area contributed by atoms with Gasteiger partial charge in [0.2, 0.25) is 0 Å². The van der Waals surface area contributed by atoms with Gasteiger partial charge in [-0.15, -0.1) is 0 Å². The smallest absolute Gasteiger partial charge is 0.175 e. The van der Waals surface area contributed by atoms with E-state index in [1.165, 1.54) is 22.3 Å². The normalized spacial score (nSPS) is 10.9.